The molecule has 0 radical (unpaired) electrons. The van der Waals surface area contributed by atoms with Crippen molar-refractivity contribution in [1.82, 2.24) is 15.1 Å². The van der Waals surface area contributed by atoms with Gasteiger partial charge in [0.1, 0.15) is 5.82 Å². The number of ether oxygens (including phenoxy) is 1. The van der Waals surface area contributed by atoms with E-state index in [1.807, 2.05) is 17.0 Å². The molecule has 1 fully saturated rings. The quantitative estimate of drug-likeness (QED) is 0.813. The van der Waals surface area contributed by atoms with Gasteiger partial charge in [0.25, 0.3) is 0 Å². The Morgan fingerprint density at radius 1 is 1.23 bits per heavy atom. The van der Waals surface area contributed by atoms with E-state index in [0.717, 1.165) is 44.7 Å². The van der Waals surface area contributed by atoms with Crippen molar-refractivity contribution in [2.24, 2.45) is 0 Å². The molecule has 22 heavy (non-hydrogen) atoms. The highest BCUT2D eigenvalue weighted by Gasteiger charge is 2.20. The number of carbonyl (C=O) groups excluding carboxylic acids is 1. The second-order valence-electron chi connectivity index (χ2n) is 5.47. The van der Waals surface area contributed by atoms with E-state index in [-0.39, 0.29) is 11.8 Å². The molecule has 0 spiro atoms. The lowest BCUT2D eigenvalue weighted by molar-refractivity contribution is 0.134. The van der Waals surface area contributed by atoms with Crippen molar-refractivity contribution in [2.75, 3.05) is 46.4 Å². The zero-order valence-corrected chi connectivity index (χ0v) is 13.1. The molecule has 6 heteroatoms. The summed E-state index contributed by atoms with van der Waals surface area (Å²) in [5.74, 6) is -0.210. The van der Waals surface area contributed by atoms with E-state index < -0.39 is 0 Å². The zero-order valence-electron chi connectivity index (χ0n) is 13.1. The van der Waals surface area contributed by atoms with Crippen LogP contribution in [-0.4, -0.2) is 62.3 Å². The molecule has 1 aromatic carbocycles. The Labute approximate surface area is 131 Å². The zero-order chi connectivity index (χ0) is 15.8. The number of nitrogens with zero attached hydrogens (tertiary/aromatic N) is 2. The van der Waals surface area contributed by atoms with Crippen molar-refractivity contribution < 1.29 is 13.9 Å². The fourth-order valence-electron chi connectivity index (χ4n) is 2.48. The van der Waals surface area contributed by atoms with Crippen LogP contribution in [0.3, 0.4) is 0 Å². The minimum absolute atomic E-state index is 0.00228. The number of rotatable bonds is 6. The summed E-state index contributed by atoms with van der Waals surface area (Å²) in [4.78, 5) is 16.1. The molecule has 1 N–H and O–H groups in total. The van der Waals surface area contributed by atoms with E-state index in [9.17, 15) is 9.18 Å². The summed E-state index contributed by atoms with van der Waals surface area (Å²) in [5.41, 5.74) is 1.10. The largest absolute Gasteiger partial charge is 0.385 e. The molecular formula is C16H24FN3O2. The summed E-state index contributed by atoms with van der Waals surface area (Å²) in [5, 5.41) is 2.90. The maximum Gasteiger partial charge on any atom is 0.317 e. The van der Waals surface area contributed by atoms with Crippen LogP contribution in [0, 0.1) is 5.82 Å². The third-order valence-electron chi connectivity index (χ3n) is 3.78. The summed E-state index contributed by atoms with van der Waals surface area (Å²) in [6.07, 6.45) is 0.826. The number of halogens is 1. The lowest BCUT2D eigenvalue weighted by atomic mass is 10.2. The topological polar surface area (TPSA) is 44.8 Å². The van der Waals surface area contributed by atoms with Crippen LogP contribution in [0.25, 0.3) is 0 Å². The van der Waals surface area contributed by atoms with E-state index in [1.54, 1.807) is 7.11 Å². The first-order valence-corrected chi connectivity index (χ1v) is 7.67. The first kappa shape index (κ1) is 16.7. The first-order valence-electron chi connectivity index (χ1n) is 7.67. The molecule has 1 aliphatic rings. The third-order valence-corrected chi connectivity index (χ3v) is 3.78. The highest BCUT2D eigenvalue weighted by atomic mass is 19.1. The van der Waals surface area contributed by atoms with Gasteiger partial charge in [-0.1, -0.05) is 12.1 Å². The lowest BCUT2D eigenvalue weighted by Gasteiger charge is -2.34. The second-order valence-corrected chi connectivity index (χ2v) is 5.47. The van der Waals surface area contributed by atoms with Crippen molar-refractivity contribution >= 4 is 6.03 Å². The molecule has 0 atom stereocenters. The summed E-state index contributed by atoms with van der Waals surface area (Å²) < 4.78 is 17.8. The van der Waals surface area contributed by atoms with Gasteiger partial charge in [-0.25, -0.2) is 9.18 Å². The van der Waals surface area contributed by atoms with Gasteiger partial charge in [0.05, 0.1) is 0 Å². The van der Waals surface area contributed by atoms with Crippen LogP contribution in [0.2, 0.25) is 0 Å². The number of urea groups is 1. The van der Waals surface area contributed by atoms with Crippen molar-refractivity contribution in [3.63, 3.8) is 0 Å². The van der Waals surface area contributed by atoms with Gasteiger partial charge in [0.2, 0.25) is 0 Å². The predicted molar refractivity (Wildman–Crippen MR) is 83.1 cm³/mol. The average molecular weight is 309 g/mol. The number of benzene rings is 1. The van der Waals surface area contributed by atoms with Gasteiger partial charge < -0.3 is 15.0 Å². The lowest BCUT2D eigenvalue weighted by Crippen LogP contribution is -2.51. The summed E-state index contributed by atoms with van der Waals surface area (Å²) in [6.45, 7) is 5.21. The maximum atomic E-state index is 12.9. The van der Waals surface area contributed by atoms with Gasteiger partial charge in [-0.2, -0.15) is 0 Å². The van der Waals surface area contributed by atoms with Gasteiger partial charge in [0.15, 0.2) is 0 Å². The number of hydrogen-bond donors (Lipinski definition) is 1. The van der Waals surface area contributed by atoms with Crippen LogP contribution >= 0.6 is 0 Å². The SMILES string of the molecule is COCCCNC(=O)N1CCN(Cc2ccc(F)cc2)CC1. The van der Waals surface area contributed by atoms with E-state index in [4.69, 9.17) is 4.74 Å². The molecule has 0 bridgehead atoms. The normalized spacial score (nSPS) is 15.8. The van der Waals surface area contributed by atoms with E-state index in [1.165, 1.54) is 12.1 Å². The van der Waals surface area contributed by atoms with E-state index in [0.29, 0.717) is 13.2 Å². The number of amides is 2. The van der Waals surface area contributed by atoms with Crippen LogP contribution < -0.4 is 5.32 Å². The molecular weight excluding hydrogens is 285 g/mol. The molecule has 2 rings (SSSR count). The second kappa shape index (κ2) is 8.70. The molecule has 0 aromatic heterocycles. The first-order chi connectivity index (χ1) is 10.7. The molecule has 1 aliphatic heterocycles. The van der Waals surface area contributed by atoms with Crippen molar-refractivity contribution in [3.8, 4) is 0 Å². The molecule has 2 amide bonds. The Hall–Kier alpha value is -1.66. The number of piperazine rings is 1. The molecule has 1 heterocycles. The van der Waals surface area contributed by atoms with E-state index in [2.05, 4.69) is 10.2 Å². The van der Waals surface area contributed by atoms with Gasteiger partial charge in [-0.05, 0) is 24.1 Å². The Morgan fingerprint density at radius 3 is 2.55 bits per heavy atom. The van der Waals surface area contributed by atoms with Crippen LogP contribution in [0.1, 0.15) is 12.0 Å². The number of nitrogens with one attached hydrogen (secondary N) is 1. The minimum atomic E-state index is -0.210. The molecule has 122 valence electrons. The number of hydrogen-bond acceptors (Lipinski definition) is 3. The summed E-state index contributed by atoms with van der Waals surface area (Å²) in [7, 11) is 1.65. The Bertz CT molecular complexity index is 459. The van der Waals surface area contributed by atoms with Gasteiger partial charge in [-0.15, -0.1) is 0 Å². The van der Waals surface area contributed by atoms with Gasteiger partial charge >= 0.3 is 6.03 Å². The maximum absolute atomic E-state index is 12.9. The fourth-order valence-corrected chi connectivity index (χ4v) is 2.48. The van der Waals surface area contributed by atoms with Crippen molar-refractivity contribution in [2.45, 2.75) is 13.0 Å². The highest BCUT2D eigenvalue weighted by molar-refractivity contribution is 5.74. The molecule has 0 saturated carbocycles. The van der Waals surface area contributed by atoms with Crippen LogP contribution in [0.4, 0.5) is 9.18 Å². The fraction of sp³-hybridized carbons (Fsp3) is 0.562. The van der Waals surface area contributed by atoms with Crippen LogP contribution in [0.15, 0.2) is 24.3 Å². The number of methoxy groups -OCH3 is 1. The molecule has 0 unspecified atom stereocenters. The molecule has 1 saturated heterocycles. The Balaban J connectivity index is 1.68. The predicted octanol–water partition coefficient (Wildman–Crippen LogP) is 1.69. The highest BCUT2D eigenvalue weighted by Crippen LogP contribution is 2.09. The number of carbonyl (C=O) groups is 1. The molecule has 5 nitrogen and oxygen atoms in total. The van der Waals surface area contributed by atoms with Gasteiger partial charge in [0, 0.05) is 53.0 Å². The smallest absolute Gasteiger partial charge is 0.317 e. The van der Waals surface area contributed by atoms with Crippen molar-refractivity contribution in [1.29, 1.82) is 0 Å². The van der Waals surface area contributed by atoms with Crippen molar-refractivity contribution in [3.05, 3.63) is 35.6 Å². The minimum Gasteiger partial charge on any atom is -0.385 e. The third kappa shape index (κ3) is 5.27. The standard InChI is InChI=1S/C16H24FN3O2/c1-22-12-2-7-18-16(21)20-10-8-19(9-11-20)13-14-3-5-15(17)6-4-14/h3-6H,2,7-13H2,1H3,(H,18,21). The van der Waals surface area contributed by atoms with Gasteiger partial charge in [-0.3, -0.25) is 4.90 Å². The molecule has 1 aromatic rings. The monoisotopic (exact) mass is 309 g/mol. The summed E-state index contributed by atoms with van der Waals surface area (Å²) in [6, 6.07) is 6.59. The Morgan fingerprint density at radius 2 is 1.91 bits per heavy atom. The Kier molecular flexibility index (Phi) is 6.61. The van der Waals surface area contributed by atoms with Crippen LogP contribution in [-0.2, 0) is 11.3 Å². The van der Waals surface area contributed by atoms with E-state index >= 15 is 0 Å². The van der Waals surface area contributed by atoms with Crippen LogP contribution in [0.5, 0.6) is 0 Å². The average Bonchev–Trinajstić information content (AvgIpc) is 2.54. The summed E-state index contributed by atoms with van der Waals surface area (Å²) >= 11 is 0. The molecule has 0 aliphatic carbocycles.